The van der Waals surface area contributed by atoms with Gasteiger partial charge in [-0.3, -0.25) is 0 Å². The van der Waals surface area contributed by atoms with Crippen molar-refractivity contribution in [1.82, 2.24) is 4.98 Å². The Labute approximate surface area is 169 Å². The van der Waals surface area contributed by atoms with Crippen molar-refractivity contribution in [3.8, 4) is 22.4 Å². The monoisotopic (exact) mass is 427 g/mol. The first-order valence-electron chi connectivity index (χ1n) is 8.89. The molecule has 0 amide bonds. The van der Waals surface area contributed by atoms with Crippen LogP contribution in [0.4, 0.5) is 0 Å². The van der Waals surface area contributed by atoms with E-state index in [1.165, 1.54) is 0 Å². The van der Waals surface area contributed by atoms with Gasteiger partial charge in [-0.1, -0.05) is 76.6 Å². The summed E-state index contributed by atoms with van der Waals surface area (Å²) >= 11 is 3.46. The molecular formula is C24H14BrNO2. The maximum Gasteiger partial charge on any atom is 0.363 e. The number of hydrogen-bond acceptors (Lipinski definition) is 3. The highest BCUT2D eigenvalue weighted by Gasteiger charge is 2.16. The lowest BCUT2D eigenvalue weighted by molar-refractivity contribution is 0.568. The second kappa shape index (κ2) is 6.73. The third kappa shape index (κ3) is 2.83. The van der Waals surface area contributed by atoms with Gasteiger partial charge in [0.05, 0.1) is 5.69 Å². The van der Waals surface area contributed by atoms with E-state index in [9.17, 15) is 4.79 Å². The van der Waals surface area contributed by atoms with Crippen LogP contribution in [0.2, 0.25) is 0 Å². The minimum atomic E-state index is -0.426. The smallest absolute Gasteiger partial charge is 0.363 e. The van der Waals surface area contributed by atoms with Crippen molar-refractivity contribution < 1.29 is 4.42 Å². The zero-order valence-electron chi connectivity index (χ0n) is 14.7. The normalized spacial score (nSPS) is 11.2. The quantitative estimate of drug-likeness (QED) is 0.240. The van der Waals surface area contributed by atoms with E-state index in [-0.39, 0.29) is 0 Å². The van der Waals surface area contributed by atoms with E-state index in [0.29, 0.717) is 11.1 Å². The molecule has 0 radical (unpaired) electrons. The number of halogens is 1. The third-order valence-electron chi connectivity index (χ3n) is 4.80. The van der Waals surface area contributed by atoms with Gasteiger partial charge in [-0.2, -0.15) is 0 Å². The summed E-state index contributed by atoms with van der Waals surface area (Å²) in [5.74, 6) is 0. The molecule has 0 fully saturated rings. The first-order valence-corrected chi connectivity index (χ1v) is 9.68. The molecule has 0 atom stereocenters. The van der Waals surface area contributed by atoms with E-state index in [1.54, 1.807) is 0 Å². The van der Waals surface area contributed by atoms with Gasteiger partial charge in [0.1, 0.15) is 5.58 Å². The van der Waals surface area contributed by atoms with Crippen LogP contribution < -0.4 is 5.63 Å². The summed E-state index contributed by atoms with van der Waals surface area (Å²) in [4.78, 5) is 17.5. The maximum atomic E-state index is 12.8. The summed E-state index contributed by atoms with van der Waals surface area (Å²) < 4.78 is 6.54. The molecule has 0 N–H and O–H groups in total. The first kappa shape index (κ1) is 16.9. The lowest BCUT2D eigenvalue weighted by Gasteiger charge is -2.12. The van der Waals surface area contributed by atoms with E-state index < -0.39 is 5.63 Å². The van der Waals surface area contributed by atoms with Gasteiger partial charge in [0.15, 0.2) is 5.52 Å². The minimum Gasteiger partial charge on any atom is -0.421 e. The molecule has 134 valence electrons. The van der Waals surface area contributed by atoms with Crippen LogP contribution in [-0.2, 0) is 0 Å². The Morgan fingerprint density at radius 2 is 1.50 bits per heavy atom. The van der Waals surface area contributed by atoms with E-state index in [0.717, 1.165) is 37.6 Å². The van der Waals surface area contributed by atoms with Gasteiger partial charge < -0.3 is 4.42 Å². The van der Waals surface area contributed by atoms with E-state index in [4.69, 9.17) is 4.42 Å². The number of nitrogens with zero attached hydrogens (tertiary/aromatic N) is 1. The Bertz CT molecular complexity index is 1370. The fraction of sp³-hybridized carbons (Fsp3) is 0. The molecule has 4 heteroatoms. The van der Waals surface area contributed by atoms with Crippen molar-refractivity contribution in [2.45, 2.75) is 0 Å². The lowest BCUT2D eigenvalue weighted by atomic mass is 9.97. The molecule has 2 heterocycles. The van der Waals surface area contributed by atoms with Gasteiger partial charge in [0, 0.05) is 20.8 Å². The van der Waals surface area contributed by atoms with Crippen molar-refractivity contribution in [1.29, 1.82) is 0 Å². The molecule has 0 spiro atoms. The lowest BCUT2D eigenvalue weighted by Crippen LogP contribution is -2.04. The Morgan fingerprint density at radius 3 is 2.29 bits per heavy atom. The third-order valence-corrected chi connectivity index (χ3v) is 5.33. The number of pyridine rings is 1. The van der Waals surface area contributed by atoms with Gasteiger partial charge in [-0.25, -0.2) is 9.78 Å². The van der Waals surface area contributed by atoms with E-state index in [1.807, 2.05) is 84.9 Å². The predicted molar refractivity (Wildman–Crippen MR) is 116 cm³/mol. The topological polar surface area (TPSA) is 43.1 Å². The number of para-hydroxylation sites is 1. The Kier molecular flexibility index (Phi) is 4.06. The first-order chi connectivity index (χ1) is 13.7. The molecule has 0 unspecified atom stereocenters. The zero-order valence-corrected chi connectivity index (χ0v) is 16.3. The summed E-state index contributed by atoms with van der Waals surface area (Å²) in [7, 11) is 0. The number of hydrogen-bond donors (Lipinski definition) is 0. The minimum absolute atomic E-state index is 0.345. The Hall–Kier alpha value is -3.24. The van der Waals surface area contributed by atoms with Gasteiger partial charge in [0.2, 0.25) is 0 Å². The van der Waals surface area contributed by atoms with Crippen LogP contribution in [0, 0.1) is 0 Å². The van der Waals surface area contributed by atoms with Crippen molar-refractivity contribution in [2.75, 3.05) is 0 Å². The average molecular weight is 428 g/mol. The van der Waals surface area contributed by atoms with Crippen LogP contribution in [0.25, 0.3) is 44.3 Å². The van der Waals surface area contributed by atoms with Crippen LogP contribution in [0.15, 0.2) is 98.6 Å². The van der Waals surface area contributed by atoms with Crippen LogP contribution >= 0.6 is 15.9 Å². The van der Waals surface area contributed by atoms with Crippen LogP contribution in [0.3, 0.4) is 0 Å². The molecule has 28 heavy (non-hydrogen) atoms. The van der Waals surface area contributed by atoms with Crippen LogP contribution in [0.1, 0.15) is 0 Å². The largest absolute Gasteiger partial charge is 0.421 e. The van der Waals surface area contributed by atoms with Gasteiger partial charge in [-0.05, 0) is 35.4 Å². The van der Waals surface area contributed by atoms with Gasteiger partial charge in [0.25, 0.3) is 0 Å². The number of benzene rings is 3. The maximum absolute atomic E-state index is 12.8. The molecule has 0 aliphatic rings. The standard InChI is InChI=1S/C24H14BrNO2/c25-17-12-10-16(11-13-17)20-14-19(15-6-2-1-3-7-15)22-18-8-4-5-9-21(18)28-24(27)23(22)26-20/h1-14H. The number of aromatic nitrogens is 1. The number of fused-ring (bicyclic) bond motifs is 3. The van der Waals surface area contributed by atoms with Gasteiger partial charge in [-0.15, -0.1) is 0 Å². The van der Waals surface area contributed by atoms with Crippen molar-refractivity contribution in [3.63, 3.8) is 0 Å². The molecule has 5 rings (SSSR count). The summed E-state index contributed by atoms with van der Waals surface area (Å²) in [6.45, 7) is 0. The summed E-state index contributed by atoms with van der Waals surface area (Å²) in [6, 6.07) is 27.6. The van der Waals surface area contributed by atoms with Crippen molar-refractivity contribution in [2.24, 2.45) is 0 Å². The molecule has 5 aromatic rings. The molecule has 0 aliphatic carbocycles. The SMILES string of the molecule is O=c1oc2ccccc2c2c(-c3ccccc3)cc(-c3ccc(Br)cc3)nc12. The van der Waals surface area contributed by atoms with E-state index in [2.05, 4.69) is 20.9 Å². The van der Waals surface area contributed by atoms with E-state index >= 15 is 0 Å². The predicted octanol–water partition coefficient (Wildman–Crippen LogP) is 6.44. The highest BCUT2D eigenvalue weighted by atomic mass is 79.9. The summed E-state index contributed by atoms with van der Waals surface area (Å²) in [6.07, 6.45) is 0. The van der Waals surface area contributed by atoms with Gasteiger partial charge >= 0.3 is 5.63 Å². The Morgan fingerprint density at radius 1 is 0.786 bits per heavy atom. The molecule has 0 aliphatic heterocycles. The highest BCUT2D eigenvalue weighted by Crippen LogP contribution is 2.35. The van der Waals surface area contributed by atoms with Crippen molar-refractivity contribution >= 4 is 37.8 Å². The second-order valence-electron chi connectivity index (χ2n) is 6.54. The molecule has 0 bridgehead atoms. The fourth-order valence-corrected chi connectivity index (χ4v) is 3.75. The molecule has 0 saturated carbocycles. The fourth-order valence-electron chi connectivity index (χ4n) is 3.49. The summed E-state index contributed by atoms with van der Waals surface area (Å²) in [5.41, 5.74) is 4.16. The van der Waals surface area contributed by atoms with Crippen molar-refractivity contribution in [3.05, 3.63) is 99.8 Å². The molecule has 2 aromatic heterocycles. The number of rotatable bonds is 2. The second-order valence-corrected chi connectivity index (χ2v) is 7.45. The molecule has 3 aromatic carbocycles. The Balaban J connectivity index is 1.94. The zero-order chi connectivity index (χ0) is 19.1. The average Bonchev–Trinajstić information content (AvgIpc) is 2.74. The van der Waals surface area contributed by atoms with Crippen LogP contribution in [0.5, 0.6) is 0 Å². The molecular weight excluding hydrogens is 414 g/mol. The highest BCUT2D eigenvalue weighted by molar-refractivity contribution is 9.10. The molecule has 0 saturated heterocycles. The molecule has 3 nitrogen and oxygen atoms in total. The summed E-state index contributed by atoms with van der Waals surface area (Å²) in [5, 5.41) is 1.70. The van der Waals surface area contributed by atoms with Crippen LogP contribution in [-0.4, -0.2) is 4.98 Å².